The topological polar surface area (TPSA) is 83.6 Å². The molecule has 0 spiro atoms. The molecule has 0 bridgehead atoms. The van der Waals surface area contributed by atoms with Crippen LogP contribution in [0.4, 0.5) is 0 Å². The molecule has 144 valence electrons. The van der Waals surface area contributed by atoms with E-state index in [4.69, 9.17) is 0 Å². The van der Waals surface area contributed by atoms with Gasteiger partial charge in [-0.05, 0) is 43.9 Å². The minimum absolute atomic E-state index is 0.0158. The summed E-state index contributed by atoms with van der Waals surface area (Å²) in [7, 11) is -3.06. The van der Waals surface area contributed by atoms with E-state index in [1.807, 2.05) is 6.92 Å². The molecular weight excluding hydrogens is 352 g/mol. The third-order valence-electron chi connectivity index (χ3n) is 4.63. The number of amides is 2. The molecule has 1 aliphatic rings. The van der Waals surface area contributed by atoms with Gasteiger partial charge < -0.3 is 10.2 Å². The monoisotopic (exact) mass is 380 g/mol. The van der Waals surface area contributed by atoms with Crippen LogP contribution >= 0.6 is 0 Å². The Morgan fingerprint density at radius 2 is 1.96 bits per heavy atom. The molecule has 2 rings (SSSR count). The highest BCUT2D eigenvalue weighted by Gasteiger charge is 2.34. The van der Waals surface area contributed by atoms with Gasteiger partial charge in [-0.15, -0.1) is 0 Å². The zero-order valence-corrected chi connectivity index (χ0v) is 16.5. The van der Waals surface area contributed by atoms with Crippen molar-refractivity contribution >= 4 is 21.7 Å². The Balaban J connectivity index is 2.10. The Morgan fingerprint density at radius 3 is 2.54 bits per heavy atom. The second-order valence-corrected chi connectivity index (χ2v) is 9.40. The van der Waals surface area contributed by atoms with Gasteiger partial charge in [0, 0.05) is 30.3 Å². The second-order valence-electron chi connectivity index (χ2n) is 7.17. The number of carbonyl (C=O) groups excluding carboxylic acids is 2. The van der Waals surface area contributed by atoms with Crippen LogP contribution < -0.4 is 5.32 Å². The van der Waals surface area contributed by atoms with Gasteiger partial charge in [0.2, 0.25) is 0 Å². The molecule has 0 aliphatic carbocycles. The quantitative estimate of drug-likeness (QED) is 0.785. The molecule has 1 saturated heterocycles. The summed E-state index contributed by atoms with van der Waals surface area (Å²) >= 11 is 0. The van der Waals surface area contributed by atoms with Crippen LogP contribution in [0.2, 0.25) is 0 Å². The van der Waals surface area contributed by atoms with E-state index in [-0.39, 0.29) is 29.4 Å². The first-order valence-electron chi connectivity index (χ1n) is 9.13. The van der Waals surface area contributed by atoms with Gasteiger partial charge in [-0.3, -0.25) is 9.59 Å². The molecule has 1 aliphatic heterocycles. The van der Waals surface area contributed by atoms with Gasteiger partial charge in [0.1, 0.15) is 0 Å². The molecule has 0 aromatic heterocycles. The Bertz CT molecular complexity index is 759. The average Bonchev–Trinajstić information content (AvgIpc) is 2.94. The van der Waals surface area contributed by atoms with E-state index in [9.17, 15) is 18.0 Å². The maximum atomic E-state index is 12.9. The summed E-state index contributed by atoms with van der Waals surface area (Å²) in [6, 6.07) is 6.32. The van der Waals surface area contributed by atoms with Crippen molar-refractivity contribution in [1.82, 2.24) is 10.2 Å². The molecular formula is C19H28N2O4S. The second kappa shape index (κ2) is 8.66. The number of hydrogen-bond acceptors (Lipinski definition) is 4. The number of rotatable bonds is 7. The van der Waals surface area contributed by atoms with Crippen molar-refractivity contribution in [2.24, 2.45) is 5.92 Å². The smallest absolute Gasteiger partial charge is 0.254 e. The Morgan fingerprint density at radius 1 is 1.27 bits per heavy atom. The molecule has 1 aromatic rings. The molecule has 1 heterocycles. The summed E-state index contributed by atoms with van der Waals surface area (Å²) in [6.07, 6.45) is 1.36. The van der Waals surface area contributed by atoms with Crippen LogP contribution in [-0.4, -0.2) is 55.8 Å². The molecule has 1 N–H and O–H groups in total. The van der Waals surface area contributed by atoms with Crippen molar-refractivity contribution in [2.75, 3.05) is 24.6 Å². The molecule has 2 amide bonds. The van der Waals surface area contributed by atoms with Gasteiger partial charge in [0.25, 0.3) is 11.8 Å². The van der Waals surface area contributed by atoms with Crippen LogP contribution in [0.3, 0.4) is 0 Å². The maximum Gasteiger partial charge on any atom is 0.254 e. The van der Waals surface area contributed by atoms with Crippen molar-refractivity contribution in [1.29, 1.82) is 0 Å². The molecule has 1 fully saturated rings. The van der Waals surface area contributed by atoms with Crippen LogP contribution in [0.15, 0.2) is 24.3 Å². The summed E-state index contributed by atoms with van der Waals surface area (Å²) in [5.41, 5.74) is 0.849. The van der Waals surface area contributed by atoms with Crippen molar-refractivity contribution in [3.8, 4) is 0 Å². The van der Waals surface area contributed by atoms with Crippen LogP contribution in [0, 0.1) is 5.92 Å². The minimum Gasteiger partial charge on any atom is -0.352 e. The largest absolute Gasteiger partial charge is 0.352 e. The number of nitrogens with zero attached hydrogens (tertiary/aromatic N) is 1. The van der Waals surface area contributed by atoms with Crippen molar-refractivity contribution in [2.45, 2.75) is 39.7 Å². The molecule has 0 radical (unpaired) electrons. The molecule has 7 heteroatoms. The van der Waals surface area contributed by atoms with E-state index >= 15 is 0 Å². The molecule has 1 atom stereocenters. The van der Waals surface area contributed by atoms with Crippen molar-refractivity contribution in [3.05, 3.63) is 35.4 Å². The van der Waals surface area contributed by atoms with Crippen LogP contribution in [0.5, 0.6) is 0 Å². The normalized spacial score (nSPS) is 18.7. The fourth-order valence-corrected chi connectivity index (χ4v) is 4.86. The number of benzene rings is 1. The lowest BCUT2D eigenvalue weighted by atomic mass is 10.1. The van der Waals surface area contributed by atoms with E-state index < -0.39 is 9.84 Å². The fourth-order valence-electron chi connectivity index (χ4n) is 3.12. The summed E-state index contributed by atoms with van der Waals surface area (Å²) in [6.45, 7) is 7.05. The Kier molecular flexibility index (Phi) is 6.81. The Hall–Kier alpha value is -1.89. The van der Waals surface area contributed by atoms with Gasteiger partial charge >= 0.3 is 0 Å². The van der Waals surface area contributed by atoms with Gasteiger partial charge in [0.15, 0.2) is 9.84 Å². The highest BCUT2D eigenvalue weighted by atomic mass is 32.2. The third kappa shape index (κ3) is 5.30. The van der Waals surface area contributed by atoms with E-state index in [1.165, 1.54) is 0 Å². The van der Waals surface area contributed by atoms with Crippen LogP contribution in [-0.2, 0) is 9.84 Å². The number of hydrogen-bond donors (Lipinski definition) is 1. The molecule has 26 heavy (non-hydrogen) atoms. The first-order valence-corrected chi connectivity index (χ1v) is 10.9. The molecule has 0 saturated carbocycles. The lowest BCUT2D eigenvalue weighted by Gasteiger charge is -2.27. The summed E-state index contributed by atoms with van der Waals surface area (Å²) in [4.78, 5) is 26.7. The van der Waals surface area contributed by atoms with E-state index in [0.29, 0.717) is 36.6 Å². The SMILES string of the molecule is CCN(C(=O)c1cccc(C(=O)NCCC(C)C)c1)C1CCS(=O)(=O)C1. The average molecular weight is 381 g/mol. The van der Waals surface area contributed by atoms with Gasteiger partial charge in [-0.1, -0.05) is 19.9 Å². The zero-order valence-electron chi connectivity index (χ0n) is 15.7. The maximum absolute atomic E-state index is 12.9. The fraction of sp³-hybridized carbons (Fsp3) is 0.579. The lowest BCUT2D eigenvalue weighted by Crippen LogP contribution is -2.41. The first kappa shape index (κ1) is 20.4. The number of sulfone groups is 1. The standard InChI is InChI=1S/C19H28N2O4S/c1-4-21(17-9-11-26(24,25)13-17)19(23)16-7-5-6-15(12-16)18(22)20-10-8-14(2)3/h5-7,12,14,17H,4,8-11,13H2,1-3H3,(H,20,22). The van der Waals surface area contributed by atoms with Gasteiger partial charge in [-0.25, -0.2) is 8.42 Å². The van der Waals surface area contributed by atoms with E-state index in [0.717, 1.165) is 6.42 Å². The lowest BCUT2D eigenvalue weighted by molar-refractivity contribution is 0.0708. The molecule has 6 nitrogen and oxygen atoms in total. The van der Waals surface area contributed by atoms with Gasteiger partial charge in [-0.2, -0.15) is 0 Å². The van der Waals surface area contributed by atoms with Crippen LogP contribution in [0.25, 0.3) is 0 Å². The van der Waals surface area contributed by atoms with Crippen molar-refractivity contribution in [3.63, 3.8) is 0 Å². The Labute approximate surface area is 155 Å². The summed E-state index contributed by atoms with van der Waals surface area (Å²) < 4.78 is 23.4. The number of carbonyl (C=O) groups is 2. The predicted molar refractivity (Wildman–Crippen MR) is 102 cm³/mol. The molecule has 1 unspecified atom stereocenters. The number of nitrogens with one attached hydrogen (secondary N) is 1. The van der Waals surface area contributed by atoms with Crippen LogP contribution in [0.1, 0.15) is 54.3 Å². The summed E-state index contributed by atoms with van der Waals surface area (Å²) in [5.74, 6) is 0.212. The highest BCUT2D eigenvalue weighted by Crippen LogP contribution is 2.20. The van der Waals surface area contributed by atoms with E-state index in [2.05, 4.69) is 19.2 Å². The minimum atomic E-state index is -3.06. The zero-order chi connectivity index (χ0) is 19.3. The third-order valence-corrected chi connectivity index (χ3v) is 6.38. The first-order chi connectivity index (χ1) is 12.2. The van der Waals surface area contributed by atoms with Crippen molar-refractivity contribution < 1.29 is 18.0 Å². The van der Waals surface area contributed by atoms with E-state index in [1.54, 1.807) is 29.2 Å². The van der Waals surface area contributed by atoms with Gasteiger partial charge in [0.05, 0.1) is 11.5 Å². The molecule has 1 aromatic carbocycles. The highest BCUT2D eigenvalue weighted by molar-refractivity contribution is 7.91. The predicted octanol–water partition coefficient (Wildman–Crippen LogP) is 2.11. The summed E-state index contributed by atoms with van der Waals surface area (Å²) in [5, 5.41) is 2.86.